The van der Waals surface area contributed by atoms with E-state index in [0.29, 0.717) is 5.56 Å². The van der Waals surface area contributed by atoms with Crippen molar-refractivity contribution in [2.75, 3.05) is 14.1 Å². The zero-order valence-corrected chi connectivity index (χ0v) is 9.15. The van der Waals surface area contributed by atoms with E-state index in [1.807, 2.05) is 0 Å². The van der Waals surface area contributed by atoms with Gasteiger partial charge in [-0.05, 0) is 12.1 Å². The van der Waals surface area contributed by atoms with Crippen LogP contribution in [-0.2, 0) is 10.0 Å². The van der Waals surface area contributed by atoms with Gasteiger partial charge in [0.1, 0.15) is 0 Å². The van der Waals surface area contributed by atoms with Crippen molar-refractivity contribution in [1.82, 2.24) is 9.88 Å². The molecule has 0 fully saturated rings. The number of nitrogens with two attached hydrogens (primary N) is 1. The van der Waals surface area contributed by atoms with Crippen LogP contribution >= 0.6 is 0 Å². The molecule has 0 saturated carbocycles. The Morgan fingerprint density at radius 1 is 1.40 bits per heavy atom. The predicted molar refractivity (Wildman–Crippen MR) is 53.6 cm³/mol. The van der Waals surface area contributed by atoms with Crippen molar-refractivity contribution >= 4 is 15.9 Å². The SMILES string of the molecule is CN(C)C(=O)c1ccc(S(N)(=O)=O)nc1. The van der Waals surface area contributed by atoms with Crippen molar-refractivity contribution in [2.24, 2.45) is 5.14 Å². The molecule has 15 heavy (non-hydrogen) atoms. The molecule has 0 aliphatic heterocycles. The molecule has 2 N–H and O–H groups in total. The molecule has 1 aromatic rings. The number of hydrogen-bond acceptors (Lipinski definition) is 4. The Kier molecular flexibility index (Phi) is 3.06. The third kappa shape index (κ3) is 2.74. The smallest absolute Gasteiger partial charge is 0.255 e. The standard InChI is InChI=1S/C8H11N3O3S/c1-11(2)8(12)6-3-4-7(10-5-6)15(9,13)14/h3-5H,1-2H3,(H2,9,13,14). The van der Waals surface area contributed by atoms with Gasteiger partial charge in [-0.25, -0.2) is 18.5 Å². The third-order valence-electron chi connectivity index (χ3n) is 1.68. The van der Waals surface area contributed by atoms with Gasteiger partial charge in [-0.2, -0.15) is 0 Å². The first kappa shape index (κ1) is 11.6. The van der Waals surface area contributed by atoms with E-state index in [4.69, 9.17) is 5.14 Å². The van der Waals surface area contributed by atoms with Crippen LogP contribution < -0.4 is 5.14 Å². The Morgan fingerprint density at radius 3 is 2.33 bits per heavy atom. The van der Waals surface area contributed by atoms with Crippen LogP contribution in [0.2, 0.25) is 0 Å². The molecule has 82 valence electrons. The van der Waals surface area contributed by atoms with Crippen LogP contribution in [0.25, 0.3) is 0 Å². The first-order valence-electron chi connectivity index (χ1n) is 4.03. The summed E-state index contributed by atoms with van der Waals surface area (Å²) in [6, 6.07) is 2.57. The largest absolute Gasteiger partial charge is 0.345 e. The van der Waals surface area contributed by atoms with E-state index in [1.165, 1.54) is 23.2 Å². The van der Waals surface area contributed by atoms with Crippen LogP contribution in [0.3, 0.4) is 0 Å². The molecule has 0 spiro atoms. The first-order valence-corrected chi connectivity index (χ1v) is 5.57. The van der Waals surface area contributed by atoms with Gasteiger partial charge in [0.25, 0.3) is 15.9 Å². The van der Waals surface area contributed by atoms with Gasteiger partial charge in [0.2, 0.25) is 0 Å². The van der Waals surface area contributed by atoms with E-state index in [-0.39, 0.29) is 10.9 Å². The number of carbonyl (C=O) groups excluding carboxylic acids is 1. The summed E-state index contributed by atoms with van der Waals surface area (Å²) >= 11 is 0. The molecule has 1 amide bonds. The lowest BCUT2D eigenvalue weighted by molar-refractivity contribution is 0.0827. The summed E-state index contributed by atoms with van der Waals surface area (Å²) in [4.78, 5) is 16.4. The van der Waals surface area contributed by atoms with Gasteiger partial charge in [0.15, 0.2) is 5.03 Å². The molecule has 0 radical (unpaired) electrons. The lowest BCUT2D eigenvalue weighted by atomic mass is 10.2. The van der Waals surface area contributed by atoms with Crippen molar-refractivity contribution in [1.29, 1.82) is 0 Å². The summed E-state index contributed by atoms with van der Waals surface area (Å²) in [5.74, 6) is -0.247. The van der Waals surface area contributed by atoms with Gasteiger partial charge < -0.3 is 4.90 Å². The van der Waals surface area contributed by atoms with Crippen molar-refractivity contribution in [3.8, 4) is 0 Å². The number of rotatable bonds is 2. The maximum Gasteiger partial charge on any atom is 0.255 e. The molecule has 0 atom stereocenters. The molecule has 0 saturated heterocycles. The average Bonchev–Trinajstić information content (AvgIpc) is 2.15. The van der Waals surface area contributed by atoms with Crippen LogP contribution in [-0.4, -0.2) is 38.3 Å². The van der Waals surface area contributed by atoms with Crippen molar-refractivity contribution in [2.45, 2.75) is 5.03 Å². The Bertz CT molecular complexity index is 464. The second-order valence-corrected chi connectivity index (χ2v) is 4.64. The van der Waals surface area contributed by atoms with Gasteiger partial charge in [-0.3, -0.25) is 4.79 Å². The molecule has 0 unspecified atom stereocenters. The molecule has 1 aromatic heterocycles. The lowest BCUT2D eigenvalue weighted by Gasteiger charge is -2.09. The second-order valence-electron chi connectivity index (χ2n) is 3.13. The Labute approximate surface area is 87.8 Å². The zero-order valence-electron chi connectivity index (χ0n) is 8.34. The number of hydrogen-bond donors (Lipinski definition) is 1. The highest BCUT2D eigenvalue weighted by Gasteiger charge is 2.12. The fraction of sp³-hybridized carbons (Fsp3) is 0.250. The van der Waals surface area contributed by atoms with Crippen LogP contribution in [0.15, 0.2) is 23.4 Å². The number of carbonyl (C=O) groups is 1. The second kappa shape index (κ2) is 3.95. The van der Waals surface area contributed by atoms with E-state index < -0.39 is 10.0 Å². The molecular weight excluding hydrogens is 218 g/mol. The molecule has 0 aliphatic carbocycles. The van der Waals surface area contributed by atoms with Crippen LogP contribution in [0.4, 0.5) is 0 Å². The summed E-state index contributed by atoms with van der Waals surface area (Å²) in [5, 5.41) is 4.61. The molecule has 1 rings (SSSR count). The van der Waals surface area contributed by atoms with Crippen molar-refractivity contribution in [3.63, 3.8) is 0 Å². The maximum atomic E-state index is 11.4. The van der Waals surface area contributed by atoms with Gasteiger partial charge in [-0.1, -0.05) is 0 Å². The van der Waals surface area contributed by atoms with E-state index in [9.17, 15) is 13.2 Å². The van der Waals surface area contributed by atoms with Crippen LogP contribution in [0.5, 0.6) is 0 Å². The number of aromatic nitrogens is 1. The average molecular weight is 229 g/mol. The van der Waals surface area contributed by atoms with Gasteiger partial charge in [-0.15, -0.1) is 0 Å². The maximum absolute atomic E-state index is 11.4. The fourth-order valence-corrected chi connectivity index (χ4v) is 1.39. The highest BCUT2D eigenvalue weighted by Crippen LogP contribution is 2.05. The predicted octanol–water partition coefficient (Wildman–Crippen LogP) is -0.569. The zero-order chi connectivity index (χ0) is 11.6. The molecule has 0 aromatic carbocycles. The summed E-state index contributed by atoms with van der Waals surface area (Å²) in [6.45, 7) is 0. The van der Waals surface area contributed by atoms with E-state index >= 15 is 0 Å². The van der Waals surface area contributed by atoms with Gasteiger partial charge in [0.05, 0.1) is 5.56 Å². The van der Waals surface area contributed by atoms with Gasteiger partial charge in [0, 0.05) is 20.3 Å². The van der Waals surface area contributed by atoms with E-state index in [1.54, 1.807) is 14.1 Å². The van der Waals surface area contributed by atoms with Crippen molar-refractivity contribution < 1.29 is 13.2 Å². The number of nitrogens with zero attached hydrogens (tertiary/aromatic N) is 2. The summed E-state index contributed by atoms with van der Waals surface area (Å²) in [5.41, 5.74) is 0.312. The topological polar surface area (TPSA) is 93.4 Å². The summed E-state index contributed by atoms with van der Waals surface area (Å²) < 4.78 is 21.7. The first-order chi connectivity index (χ1) is 6.82. The van der Waals surface area contributed by atoms with Gasteiger partial charge >= 0.3 is 0 Å². The number of sulfonamides is 1. The summed E-state index contributed by atoms with van der Waals surface area (Å²) in [7, 11) is -0.615. The minimum atomic E-state index is -3.80. The molecule has 0 bridgehead atoms. The molecular formula is C8H11N3O3S. The van der Waals surface area contributed by atoms with Crippen molar-refractivity contribution in [3.05, 3.63) is 23.9 Å². The monoisotopic (exact) mass is 229 g/mol. The van der Waals surface area contributed by atoms with Crippen LogP contribution in [0, 0.1) is 0 Å². The molecule has 1 heterocycles. The lowest BCUT2D eigenvalue weighted by Crippen LogP contribution is -2.22. The quantitative estimate of drug-likeness (QED) is 0.735. The Hall–Kier alpha value is -1.47. The Balaban J connectivity index is 3.06. The molecule has 0 aliphatic rings. The number of pyridine rings is 1. The van der Waals surface area contributed by atoms with E-state index in [2.05, 4.69) is 4.98 Å². The summed E-state index contributed by atoms with van der Waals surface area (Å²) in [6.07, 6.45) is 1.18. The Morgan fingerprint density at radius 2 is 2.00 bits per heavy atom. The minimum absolute atomic E-state index is 0.247. The molecule has 6 nitrogen and oxygen atoms in total. The normalized spacial score (nSPS) is 11.1. The van der Waals surface area contributed by atoms with E-state index in [0.717, 1.165) is 0 Å². The third-order valence-corrected chi connectivity index (χ3v) is 2.51. The highest BCUT2D eigenvalue weighted by atomic mass is 32.2. The van der Waals surface area contributed by atoms with Crippen LogP contribution in [0.1, 0.15) is 10.4 Å². The molecule has 7 heteroatoms. The highest BCUT2D eigenvalue weighted by molar-refractivity contribution is 7.89. The minimum Gasteiger partial charge on any atom is -0.345 e. The number of amides is 1. The fourth-order valence-electron chi connectivity index (χ4n) is 0.933. The number of primary sulfonamides is 1.